The van der Waals surface area contributed by atoms with Crippen molar-refractivity contribution in [2.75, 3.05) is 19.8 Å². The van der Waals surface area contributed by atoms with Crippen molar-refractivity contribution in [3.05, 3.63) is 52.3 Å². The molecular formula is C20H21BrFNO4. The summed E-state index contributed by atoms with van der Waals surface area (Å²) >= 11 is 3.25. The van der Waals surface area contributed by atoms with Crippen molar-refractivity contribution in [3.8, 4) is 17.2 Å². The lowest BCUT2D eigenvalue weighted by Crippen LogP contribution is -2.40. The zero-order valence-corrected chi connectivity index (χ0v) is 16.8. The van der Waals surface area contributed by atoms with Gasteiger partial charge in [-0.15, -0.1) is 0 Å². The Bertz CT molecular complexity index is 830. The average molecular weight is 438 g/mol. The first-order valence-electron chi connectivity index (χ1n) is 8.77. The average Bonchev–Trinajstić information content (AvgIpc) is 2.67. The lowest BCUT2D eigenvalue weighted by atomic mass is 10.1. The molecule has 0 aromatic heterocycles. The van der Waals surface area contributed by atoms with Gasteiger partial charge in [-0.3, -0.25) is 4.79 Å². The first-order valence-corrected chi connectivity index (χ1v) is 9.56. The van der Waals surface area contributed by atoms with Crippen LogP contribution in [0.1, 0.15) is 19.4 Å². The van der Waals surface area contributed by atoms with Crippen LogP contribution >= 0.6 is 15.9 Å². The van der Waals surface area contributed by atoms with Gasteiger partial charge in [0.15, 0.2) is 17.6 Å². The van der Waals surface area contributed by atoms with Crippen LogP contribution in [-0.2, 0) is 11.3 Å². The third-order valence-electron chi connectivity index (χ3n) is 4.22. The Balaban J connectivity index is 1.68. The number of rotatable bonds is 6. The summed E-state index contributed by atoms with van der Waals surface area (Å²) in [5.41, 5.74) is 0.949. The summed E-state index contributed by atoms with van der Waals surface area (Å²) in [4.78, 5) is 14.5. The SMILES string of the molecule is CCN(Cc1ccc2c(c1)OCCO2)C(=O)C(C)Oc1ccc(F)cc1Br. The van der Waals surface area contributed by atoms with Crippen molar-refractivity contribution in [2.45, 2.75) is 26.5 Å². The number of hydrogen-bond acceptors (Lipinski definition) is 4. The first-order chi connectivity index (χ1) is 13.0. The second-order valence-electron chi connectivity index (χ2n) is 6.17. The van der Waals surface area contributed by atoms with E-state index in [1.54, 1.807) is 11.8 Å². The Morgan fingerprint density at radius 1 is 1.22 bits per heavy atom. The number of carbonyl (C=O) groups is 1. The van der Waals surface area contributed by atoms with Crippen molar-refractivity contribution < 1.29 is 23.4 Å². The number of likely N-dealkylation sites (N-methyl/N-ethyl adjacent to an activating group) is 1. The number of benzene rings is 2. The lowest BCUT2D eigenvalue weighted by molar-refractivity contribution is -0.138. The minimum Gasteiger partial charge on any atom is -0.486 e. The van der Waals surface area contributed by atoms with Crippen LogP contribution in [0.4, 0.5) is 4.39 Å². The topological polar surface area (TPSA) is 48.0 Å². The van der Waals surface area contributed by atoms with Gasteiger partial charge < -0.3 is 19.1 Å². The molecule has 3 rings (SSSR count). The molecule has 1 amide bonds. The molecule has 27 heavy (non-hydrogen) atoms. The Morgan fingerprint density at radius 3 is 2.67 bits per heavy atom. The highest BCUT2D eigenvalue weighted by Crippen LogP contribution is 2.31. The van der Waals surface area contributed by atoms with Gasteiger partial charge in [0.25, 0.3) is 5.91 Å². The zero-order valence-electron chi connectivity index (χ0n) is 15.2. The molecule has 0 N–H and O–H groups in total. The van der Waals surface area contributed by atoms with E-state index in [4.69, 9.17) is 14.2 Å². The van der Waals surface area contributed by atoms with E-state index in [2.05, 4.69) is 15.9 Å². The van der Waals surface area contributed by atoms with E-state index in [1.807, 2.05) is 25.1 Å². The largest absolute Gasteiger partial charge is 0.486 e. The molecule has 0 bridgehead atoms. The maximum atomic E-state index is 13.2. The first kappa shape index (κ1) is 19.5. The van der Waals surface area contributed by atoms with E-state index < -0.39 is 6.10 Å². The van der Waals surface area contributed by atoms with E-state index in [1.165, 1.54) is 18.2 Å². The predicted octanol–water partition coefficient (Wildman–Crippen LogP) is 4.18. The van der Waals surface area contributed by atoms with Gasteiger partial charge in [0.1, 0.15) is 24.8 Å². The molecule has 0 saturated carbocycles. The van der Waals surface area contributed by atoms with E-state index >= 15 is 0 Å². The number of nitrogens with zero attached hydrogens (tertiary/aromatic N) is 1. The lowest BCUT2D eigenvalue weighted by Gasteiger charge is -2.26. The normalized spacial score (nSPS) is 13.8. The molecule has 1 atom stereocenters. The monoisotopic (exact) mass is 437 g/mol. The molecule has 0 fully saturated rings. The van der Waals surface area contributed by atoms with Gasteiger partial charge in [0.05, 0.1) is 4.47 Å². The highest BCUT2D eigenvalue weighted by molar-refractivity contribution is 9.10. The number of halogens is 2. The minimum atomic E-state index is -0.705. The minimum absolute atomic E-state index is 0.149. The van der Waals surface area contributed by atoms with Gasteiger partial charge in [0, 0.05) is 13.1 Å². The highest BCUT2D eigenvalue weighted by atomic mass is 79.9. The Labute approximate surface area is 166 Å². The molecule has 0 saturated heterocycles. The van der Waals surface area contributed by atoms with Crippen LogP contribution in [0.2, 0.25) is 0 Å². The maximum Gasteiger partial charge on any atom is 0.263 e. The summed E-state index contributed by atoms with van der Waals surface area (Å²) < 4.78 is 30.5. The fourth-order valence-electron chi connectivity index (χ4n) is 2.82. The molecular weight excluding hydrogens is 417 g/mol. The van der Waals surface area contributed by atoms with Crippen molar-refractivity contribution in [3.63, 3.8) is 0 Å². The highest BCUT2D eigenvalue weighted by Gasteiger charge is 2.23. The summed E-state index contributed by atoms with van der Waals surface area (Å²) in [6.07, 6.45) is -0.705. The van der Waals surface area contributed by atoms with Crippen molar-refractivity contribution in [2.24, 2.45) is 0 Å². The van der Waals surface area contributed by atoms with Gasteiger partial charge in [0.2, 0.25) is 0 Å². The van der Waals surface area contributed by atoms with Crippen molar-refractivity contribution in [1.29, 1.82) is 0 Å². The van der Waals surface area contributed by atoms with Crippen LogP contribution in [-0.4, -0.2) is 36.7 Å². The van der Waals surface area contributed by atoms with Crippen LogP contribution in [0, 0.1) is 5.82 Å². The van der Waals surface area contributed by atoms with Crippen LogP contribution in [0.3, 0.4) is 0 Å². The Hall–Kier alpha value is -2.28. The van der Waals surface area contributed by atoms with Crippen LogP contribution in [0.15, 0.2) is 40.9 Å². The summed E-state index contributed by atoms with van der Waals surface area (Å²) in [5, 5.41) is 0. The molecule has 2 aromatic rings. The summed E-state index contributed by atoms with van der Waals surface area (Å²) in [5.74, 6) is 1.32. The molecule has 1 unspecified atom stereocenters. The second-order valence-corrected chi connectivity index (χ2v) is 7.02. The van der Waals surface area contributed by atoms with Gasteiger partial charge in [-0.25, -0.2) is 4.39 Å². The van der Waals surface area contributed by atoms with E-state index in [0.29, 0.717) is 42.3 Å². The number of hydrogen-bond donors (Lipinski definition) is 0. The van der Waals surface area contributed by atoms with Gasteiger partial charge in [-0.2, -0.15) is 0 Å². The molecule has 0 radical (unpaired) electrons. The molecule has 144 valence electrons. The van der Waals surface area contributed by atoms with Crippen molar-refractivity contribution in [1.82, 2.24) is 4.90 Å². The number of carbonyl (C=O) groups excluding carboxylic acids is 1. The third kappa shape index (κ3) is 4.71. The van der Waals surface area contributed by atoms with E-state index in [9.17, 15) is 9.18 Å². The molecule has 1 aliphatic rings. The fraction of sp³-hybridized carbons (Fsp3) is 0.350. The molecule has 2 aromatic carbocycles. The number of fused-ring (bicyclic) bond motifs is 1. The number of ether oxygens (including phenoxy) is 3. The summed E-state index contributed by atoms with van der Waals surface area (Å²) in [7, 11) is 0. The van der Waals surface area contributed by atoms with Gasteiger partial charge in [-0.1, -0.05) is 6.07 Å². The molecule has 5 nitrogen and oxygen atoms in total. The third-order valence-corrected chi connectivity index (χ3v) is 4.84. The molecule has 7 heteroatoms. The smallest absolute Gasteiger partial charge is 0.263 e. The Kier molecular flexibility index (Phi) is 6.21. The van der Waals surface area contributed by atoms with Crippen LogP contribution < -0.4 is 14.2 Å². The Morgan fingerprint density at radius 2 is 1.96 bits per heavy atom. The van der Waals surface area contributed by atoms with E-state index in [-0.39, 0.29) is 11.7 Å². The summed E-state index contributed by atoms with van der Waals surface area (Å²) in [6.45, 7) is 5.63. The molecule has 0 spiro atoms. The van der Waals surface area contributed by atoms with Crippen molar-refractivity contribution >= 4 is 21.8 Å². The predicted molar refractivity (Wildman–Crippen MR) is 103 cm³/mol. The molecule has 0 aliphatic carbocycles. The second kappa shape index (κ2) is 8.61. The molecule has 1 heterocycles. The standard InChI is InChI=1S/C20H21BrFNO4/c1-3-23(12-14-4-6-18-19(10-14)26-9-8-25-18)20(24)13(2)27-17-7-5-15(22)11-16(17)21/h4-7,10-11,13H,3,8-9,12H2,1-2H3. The summed E-state index contributed by atoms with van der Waals surface area (Å²) in [6, 6.07) is 9.78. The molecule has 1 aliphatic heterocycles. The van der Waals surface area contributed by atoms with Gasteiger partial charge in [-0.05, 0) is 65.7 Å². The van der Waals surface area contributed by atoms with Crippen LogP contribution in [0.25, 0.3) is 0 Å². The number of amides is 1. The van der Waals surface area contributed by atoms with Crippen LogP contribution in [0.5, 0.6) is 17.2 Å². The van der Waals surface area contributed by atoms with Gasteiger partial charge >= 0.3 is 0 Å². The maximum absolute atomic E-state index is 13.2. The fourth-order valence-corrected chi connectivity index (χ4v) is 3.27. The van der Waals surface area contributed by atoms with E-state index in [0.717, 1.165) is 11.3 Å². The quantitative estimate of drug-likeness (QED) is 0.679. The zero-order chi connectivity index (χ0) is 19.4.